The van der Waals surface area contributed by atoms with Crippen molar-refractivity contribution in [3.63, 3.8) is 0 Å². The lowest BCUT2D eigenvalue weighted by atomic mass is 10.1. The third kappa shape index (κ3) is 4.64. The number of halogens is 2. The maximum atomic E-state index is 10.2. The summed E-state index contributed by atoms with van der Waals surface area (Å²) in [6, 6.07) is 5.95. The molecule has 0 bridgehead atoms. The fraction of sp³-hybridized carbons (Fsp3) is 0.600. The molecule has 0 saturated heterocycles. The van der Waals surface area contributed by atoms with Gasteiger partial charge in [0.05, 0.1) is 16.1 Å². The highest BCUT2D eigenvalue weighted by Crippen LogP contribution is 2.31. The Labute approximate surface area is 126 Å². The molecule has 1 unspecified atom stereocenters. The molecule has 4 heteroatoms. The van der Waals surface area contributed by atoms with E-state index >= 15 is 0 Å². The van der Waals surface area contributed by atoms with Crippen LogP contribution in [-0.2, 0) is 0 Å². The molecule has 0 aliphatic rings. The molecule has 0 radical (unpaired) electrons. The highest BCUT2D eigenvalue weighted by molar-refractivity contribution is 6.42. The van der Waals surface area contributed by atoms with E-state index in [4.69, 9.17) is 23.2 Å². The zero-order valence-electron chi connectivity index (χ0n) is 11.9. The maximum absolute atomic E-state index is 10.2. The predicted molar refractivity (Wildman–Crippen MR) is 83.0 cm³/mol. The van der Waals surface area contributed by atoms with E-state index in [-0.39, 0.29) is 0 Å². The van der Waals surface area contributed by atoms with Gasteiger partial charge in [0.25, 0.3) is 0 Å². The number of aliphatic hydroxyl groups is 1. The maximum Gasteiger partial charge on any atom is 0.0817 e. The molecular formula is C15H23Cl2NO. The lowest BCUT2D eigenvalue weighted by Crippen LogP contribution is -2.32. The summed E-state index contributed by atoms with van der Waals surface area (Å²) in [7, 11) is 2.10. The lowest BCUT2D eigenvalue weighted by Gasteiger charge is -2.27. The number of hydrogen-bond donors (Lipinski definition) is 1. The molecule has 0 fully saturated rings. The molecule has 0 spiro atoms. The summed E-state index contributed by atoms with van der Waals surface area (Å²) in [6.07, 6.45) is 2.35. The van der Waals surface area contributed by atoms with Crippen molar-refractivity contribution >= 4 is 23.2 Å². The standard InChI is InChI=1S/C15H23Cl2NO/c1-4-11(5-2)18(3)10-9-14(19)12-7-6-8-13(16)15(12)17/h6-8,11,14,19H,4-5,9-10H2,1-3H3. The molecule has 1 rings (SSSR count). The molecule has 1 N–H and O–H groups in total. The number of hydrogen-bond acceptors (Lipinski definition) is 2. The fourth-order valence-corrected chi connectivity index (χ4v) is 2.79. The highest BCUT2D eigenvalue weighted by atomic mass is 35.5. The molecule has 108 valence electrons. The lowest BCUT2D eigenvalue weighted by molar-refractivity contribution is 0.134. The average Bonchev–Trinajstić information content (AvgIpc) is 2.40. The first kappa shape index (κ1) is 16.8. The van der Waals surface area contributed by atoms with Crippen LogP contribution in [0.15, 0.2) is 18.2 Å². The highest BCUT2D eigenvalue weighted by Gasteiger charge is 2.16. The van der Waals surface area contributed by atoms with Crippen LogP contribution in [0.5, 0.6) is 0 Å². The van der Waals surface area contributed by atoms with Crippen molar-refractivity contribution in [3.05, 3.63) is 33.8 Å². The molecule has 0 aromatic heterocycles. The van der Waals surface area contributed by atoms with E-state index < -0.39 is 6.10 Å². The van der Waals surface area contributed by atoms with Crippen LogP contribution in [0.25, 0.3) is 0 Å². The van der Waals surface area contributed by atoms with E-state index in [1.165, 1.54) is 0 Å². The zero-order valence-corrected chi connectivity index (χ0v) is 13.4. The summed E-state index contributed by atoms with van der Waals surface area (Å²) in [5.41, 5.74) is 0.715. The number of aliphatic hydroxyl groups excluding tert-OH is 1. The third-order valence-electron chi connectivity index (χ3n) is 3.66. The van der Waals surface area contributed by atoms with Gasteiger partial charge in [0.2, 0.25) is 0 Å². The zero-order chi connectivity index (χ0) is 14.4. The quantitative estimate of drug-likeness (QED) is 0.799. The van der Waals surface area contributed by atoms with Gasteiger partial charge in [-0.05, 0) is 32.4 Å². The second-order valence-electron chi connectivity index (χ2n) is 4.90. The first-order valence-electron chi connectivity index (χ1n) is 6.83. The summed E-state index contributed by atoms with van der Waals surface area (Å²) >= 11 is 12.1. The Morgan fingerprint density at radius 2 is 1.84 bits per heavy atom. The normalized spacial score (nSPS) is 13.3. The van der Waals surface area contributed by atoms with Crippen LogP contribution in [0.2, 0.25) is 10.0 Å². The van der Waals surface area contributed by atoms with Crippen LogP contribution in [-0.4, -0.2) is 29.6 Å². The van der Waals surface area contributed by atoms with Crippen LogP contribution in [0.1, 0.15) is 44.8 Å². The van der Waals surface area contributed by atoms with Crippen LogP contribution >= 0.6 is 23.2 Å². The van der Waals surface area contributed by atoms with Gasteiger partial charge in [0.1, 0.15) is 0 Å². The topological polar surface area (TPSA) is 23.5 Å². The number of nitrogens with zero attached hydrogens (tertiary/aromatic N) is 1. The van der Waals surface area contributed by atoms with E-state index in [1.807, 2.05) is 12.1 Å². The monoisotopic (exact) mass is 303 g/mol. The molecule has 2 nitrogen and oxygen atoms in total. The molecule has 1 atom stereocenters. The van der Waals surface area contributed by atoms with Crippen molar-refractivity contribution in [2.75, 3.05) is 13.6 Å². The minimum atomic E-state index is -0.567. The molecule has 0 aliphatic heterocycles. The van der Waals surface area contributed by atoms with Gasteiger partial charge >= 0.3 is 0 Å². The predicted octanol–water partition coefficient (Wildman–Crippen LogP) is 4.54. The third-order valence-corrected chi connectivity index (χ3v) is 4.50. The molecule has 0 saturated carbocycles. The summed E-state index contributed by atoms with van der Waals surface area (Å²) < 4.78 is 0. The van der Waals surface area contributed by atoms with Gasteiger partial charge in [-0.2, -0.15) is 0 Å². The minimum absolute atomic E-state index is 0.460. The first-order chi connectivity index (χ1) is 9.01. The van der Waals surface area contributed by atoms with Gasteiger partial charge in [-0.15, -0.1) is 0 Å². The Bertz CT molecular complexity index is 394. The molecular weight excluding hydrogens is 281 g/mol. The van der Waals surface area contributed by atoms with Crippen LogP contribution < -0.4 is 0 Å². The van der Waals surface area contributed by atoms with Crippen molar-refractivity contribution < 1.29 is 5.11 Å². The Balaban J connectivity index is 2.60. The molecule has 0 heterocycles. The SMILES string of the molecule is CCC(CC)N(C)CCC(O)c1cccc(Cl)c1Cl. The molecule has 19 heavy (non-hydrogen) atoms. The fourth-order valence-electron chi connectivity index (χ4n) is 2.35. The Hall–Kier alpha value is -0.280. The summed E-state index contributed by atoms with van der Waals surface area (Å²) in [4.78, 5) is 2.29. The Morgan fingerprint density at radius 3 is 2.42 bits per heavy atom. The van der Waals surface area contributed by atoms with Crippen LogP contribution in [0, 0.1) is 0 Å². The van der Waals surface area contributed by atoms with Crippen LogP contribution in [0.3, 0.4) is 0 Å². The second kappa shape index (κ2) is 8.11. The van der Waals surface area contributed by atoms with Crippen molar-refractivity contribution in [1.82, 2.24) is 4.90 Å². The molecule has 0 aliphatic carbocycles. The average molecular weight is 304 g/mol. The molecule has 1 aromatic rings. The van der Waals surface area contributed by atoms with E-state index in [2.05, 4.69) is 25.8 Å². The van der Waals surface area contributed by atoms with Gasteiger partial charge in [0, 0.05) is 18.2 Å². The van der Waals surface area contributed by atoms with Gasteiger partial charge < -0.3 is 10.0 Å². The molecule has 1 aromatic carbocycles. The smallest absolute Gasteiger partial charge is 0.0817 e. The van der Waals surface area contributed by atoms with E-state index in [1.54, 1.807) is 6.07 Å². The largest absolute Gasteiger partial charge is 0.388 e. The second-order valence-corrected chi connectivity index (χ2v) is 5.68. The molecule has 0 amide bonds. The van der Waals surface area contributed by atoms with Gasteiger partial charge in [0.15, 0.2) is 0 Å². The van der Waals surface area contributed by atoms with E-state index in [0.29, 0.717) is 28.1 Å². The summed E-state index contributed by atoms with van der Waals surface area (Å²) in [6.45, 7) is 5.22. The van der Waals surface area contributed by atoms with Crippen molar-refractivity contribution in [2.45, 2.75) is 45.3 Å². The number of rotatable bonds is 7. The van der Waals surface area contributed by atoms with E-state index in [0.717, 1.165) is 19.4 Å². The van der Waals surface area contributed by atoms with Crippen molar-refractivity contribution in [2.24, 2.45) is 0 Å². The van der Waals surface area contributed by atoms with Gasteiger partial charge in [-0.1, -0.05) is 49.2 Å². The Kier molecular flexibility index (Phi) is 7.16. The Morgan fingerprint density at radius 1 is 1.21 bits per heavy atom. The van der Waals surface area contributed by atoms with Crippen molar-refractivity contribution in [1.29, 1.82) is 0 Å². The van der Waals surface area contributed by atoms with E-state index in [9.17, 15) is 5.11 Å². The van der Waals surface area contributed by atoms with Gasteiger partial charge in [-0.3, -0.25) is 0 Å². The number of benzene rings is 1. The minimum Gasteiger partial charge on any atom is -0.388 e. The first-order valence-corrected chi connectivity index (χ1v) is 7.59. The summed E-state index contributed by atoms with van der Waals surface area (Å²) in [5.74, 6) is 0. The van der Waals surface area contributed by atoms with Gasteiger partial charge in [-0.25, -0.2) is 0 Å². The van der Waals surface area contributed by atoms with Crippen molar-refractivity contribution in [3.8, 4) is 0 Å². The summed E-state index contributed by atoms with van der Waals surface area (Å²) in [5, 5.41) is 11.2. The van der Waals surface area contributed by atoms with Crippen LogP contribution in [0.4, 0.5) is 0 Å².